The molecular formula is C23H23NO4. The van der Waals surface area contributed by atoms with Crippen LogP contribution < -0.4 is 14.8 Å². The number of carbonyl (C=O) groups excluding carboxylic acids is 1. The van der Waals surface area contributed by atoms with E-state index in [0.717, 1.165) is 29.0 Å². The summed E-state index contributed by atoms with van der Waals surface area (Å²) in [7, 11) is 1.60. The third kappa shape index (κ3) is 4.82. The summed E-state index contributed by atoms with van der Waals surface area (Å²) in [6, 6.07) is 18.7. The van der Waals surface area contributed by atoms with Gasteiger partial charge in [0.2, 0.25) is 0 Å². The molecule has 144 valence electrons. The average Bonchev–Trinajstić information content (AvgIpc) is 3.21. The first-order valence-corrected chi connectivity index (χ1v) is 9.01. The number of amides is 1. The summed E-state index contributed by atoms with van der Waals surface area (Å²) < 4.78 is 16.8. The quantitative estimate of drug-likeness (QED) is 0.557. The lowest BCUT2D eigenvalue weighted by Gasteiger charge is -2.09. The number of hydrogen-bond donors (Lipinski definition) is 1. The average molecular weight is 377 g/mol. The highest BCUT2D eigenvalue weighted by molar-refractivity contribution is 5.91. The van der Waals surface area contributed by atoms with Gasteiger partial charge in [0.05, 0.1) is 7.11 Å². The number of nitrogens with one attached hydrogen (secondary N) is 1. The molecule has 5 heteroatoms. The molecule has 0 aliphatic heterocycles. The van der Waals surface area contributed by atoms with Crippen molar-refractivity contribution in [3.63, 3.8) is 0 Å². The van der Waals surface area contributed by atoms with Crippen LogP contribution >= 0.6 is 0 Å². The number of carbonyl (C=O) groups is 1. The molecule has 0 radical (unpaired) electrons. The van der Waals surface area contributed by atoms with Crippen LogP contribution in [0.2, 0.25) is 0 Å². The van der Waals surface area contributed by atoms with Gasteiger partial charge in [-0.05, 0) is 36.2 Å². The number of allylic oxidation sites excluding steroid dienone is 1. The van der Waals surface area contributed by atoms with E-state index in [-0.39, 0.29) is 18.3 Å². The van der Waals surface area contributed by atoms with E-state index in [2.05, 4.69) is 11.9 Å². The number of benzene rings is 2. The Kier molecular flexibility index (Phi) is 6.52. The zero-order valence-corrected chi connectivity index (χ0v) is 15.8. The third-order valence-electron chi connectivity index (χ3n) is 4.22. The van der Waals surface area contributed by atoms with Crippen molar-refractivity contribution in [2.75, 3.05) is 7.11 Å². The van der Waals surface area contributed by atoms with Gasteiger partial charge in [0.15, 0.2) is 5.76 Å². The van der Waals surface area contributed by atoms with Gasteiger partial charge in [-0.15, -0.1) is 6.58 Å². The number of furan rings is 1. The van der Waals surface area contributed by atoms with Crippen LogP contribution in [-0.2, 0) is 19.6 Å². The topological polar surface area (TPSA) is 60.7 Å². The lowest BCUT2D eigenvalue weighted by Crippen LogP contribution is -2.22. The van der Waals surface area contributed by atoms with Crippen molar-refractivity contribution in [1.82, 2.24) is 5.32 Å². The van der Waals surface area contributed by atoms with E-state index in [9.17, 15) is 4.79 Å². The van der Waals surface area contributed by atoms with Crippen LogP contribution in [0.1, 0.15) is 27.4 Å². The highest BCUT2D eigenvalue weighted by Gasteiger charge is 2.13. The van der Waals surface area contributed by atoms with Crippen molar-refractivity contribution in [3.05, 3.63) is 96.0 Å². The summed E-state index contributed by atoms with van der Waals surface area (Å²) in [5.74, 6) is 2.04. The molecule has 3 rings (SSSR count). The van der Waals surface area contributed by atoms with Gasteiger partial charge in [0.1, 0.15) is 23.9 Å². The van der Waals surface area contributed by atoms with E-state index in [0.29, 0.717) is 12.3 Å². The molecule has 1 aromatic heterocycles. The largest absolute Gasteiger partial charge is 0.496 e. The van der Waals surface area contributed by atoms with Crippen molar-refractivity contribution in [1.29, 1.82) is 0 Å². The van der Waals surface area contributed by atoms with Gasteiger partial charge < -0.3 is 19.2 Å². The van der Waals surface area contributed by atoms with Gasteiger partial charge in [0.25, 0.3) is 5.91 Å². The predicted molar refractivity (Wildman–Crippen MR) is 108 cm³/mol. The minimum atomic E-state index is -0.288. The molecule has 0 saturated heterocycles. The Morgan fingerprint density at radius 2 is 1.75 bits per heavy atom. The zero-order valence-electron chi connectivity index (χ0n) is 15.8. The molecule has 5 nitrogen and oxygen atoms in total. The van der Waals surface area contributed by atoms with Crippen LogP contribution in [-0.4, -0.2) is 13.0 Å². The standard InChI is InChI=1S/C23H23NO4/c1-3-8-17-9-4-7-12-21(17)27-16-19-13-14-22(28-19)23(25)24-15-18-10-5-6-11-20(18)26-2/h3-7,9-14H,1,8,15-16H2,2H3,(H,24,25). The van der Waals surface area contributed by atoms with E-state index >= 15 is 0 Å². The fraction of sp³-hybridized carbons (Fsp3) is 0.174. The fourth-order valence-corrected chi connectivity index (χ4v) is 2.81. The monoisotopic (exact) mass is 377 g/mol. The Morgan fingerprint density at radius 1 is 1.04 bits per heavy atom. The number of hydrogen-bond acceptors (Lipinski definition) is 4. The highest BCUT2D eigenvalue weighted by atomic mass is 16.5. The van der Waals surface area contributed by atoms with Crippen molar-refractivity contribution in [2.45, 2.75) is 19.6 Å². The van der Waals surface area contributed by atoms with Crippen molar-refractivity contribution in [3.8, 4) is 11.5 Å². The van der Waals surface area contributed by atoms with Crippen molar-refractivity contribution >= 4 is 5.91 Å². The maximum Gasteiger partial charge on any atom is 0.287 e. The van der Waals surface area contributed by atoms with Gasteiger partial charge in [-0.1, -0.05) is 42.5 Å². The SMILES string of the molecule is C=CCc1ccccc1OCc1ccc(C(=O)NCc2ccccc2OC)o1. The molecule has 0 aliphatic rings. The molecule has 0 aliphatic carbocycles. The minimum Gasteiger partial charge on any atom is -0.496 e. The number of methoxy groups -OCH3 is 1. The fourth-order valence-electron chi connectivity index (χ4n) is 2.81. The maximum atomic E-state index is 12.3. The lowest BCUT2D eigenvalue weighted by atomic mass is 10.1. The van der Waals surface area contributed by atoms with Gasteiger partial charge in [-0.3, -0.25) is 4.79 Å². The summed E-state index contributed by atoms with van der Waals surface area (Å²) in [6.45, 7) is 4.36. The molecular weight excluding hydrogens is 354 g/mol. The van der Waals surface area contributed by atoms with E-state index in [4.69, 9.17) is 13.9 Å². The molecule has 0 unspecified atom stereocenters. The van der Waals surface area contributed by atoms with Crippen molar-refractivity contribution < 1.29 is 18.7 Å². The first kappa shape index (κ1) is 19.3. The van der Waals surface area contributed by atoms with Gasteiger partial charge >= 0.3 is 0 Å². The Morgan fingerprint density at radius 3 is 2.50 bits per heavy atom. The highest BCUT2D eigenvalue weighted by Crippen LogP contribution is 2.21. The maximum absolute atomic E-state index is 12.3. The summed E-state index contributed by atoms with van der Waals surface area (Å²) in [5.41, 5.74) is 1.95. The first-order valence-electron chi connectivity index (χ1n) is 9.01. The second kappa shape index (κ2) is 9.46. The predicted octanol–water partition coefficient (Wildman–Crippen LogP) is 4.53. The Balaban J connectivity index is 1.58. The van der Waals surface area contributed by atoms with Gasteiger partial charge in [-0.25, -0.2) is 0 Å². The molecule has 1 heterocycles. The molecule has 0 spiro atoms. The van der Waals surface area contributed by atoms with Gasteiger partial charge in [0, 0.05) is 12.1 Å². The number of para-hydroxylation sites is 2. The normalized spacial score (nSPS) is 10.3. The van der Waals surface area contributed by atoms with Crippen LogP contribution in [0.3, 0.4) is 0 Å². The van der Waals surface area contributed by atoms with E-state index in [1.807, 2.05) is 54.6 Å². The zero-order chi connectivity index (χ0) is 19.8. The Bertz CT molecular complexity index is 945. The summed E-state index contributed by atoms with van der Waals surface area (Å²) in [6.07, 6.45) is 2.56. The molecule has 1 amide bonds. The van der Waals surface area contributed by atoms with Crippen LogP contribution in [0.25, 0.3) is 0 Å². The van der Waals surface area contributed by atoms with E-state index in [1.165, 1.54) is 0 Å². The summed E-state index contributed by atoms with van der Waals surface area (Å²) >= 11 is 0. The Hall–Kier alpha value is -3.47. The molecule has 0 saturated carbocycles. The molecule has 0 atom stereocenters. The van der Waals surface area contributed by atoms with E-state index in [1.54, 1.807) is 19.2 Å². The van der Waals surface area contributed by atoms with Crippen LogP contribution in [0.4, 0.5) is 0 Å². The molecule has 1 N–H and O–H groups in total. The second-order valence-corrected chi connectivity index (χ2v) is 6.15. The van der Waals surface area contributed by atoms with Crippen LogP contribution in [0.15, 0.2) is 77.7 Å². The first-order chi connectivity index (χ1) is 13.7. The molecule has 0 fully saturated rings. The van der Waals surface area contributed by atoms with Crippen LogP contribution in [0, 0.1) is 0 Å². The molecule has 0 bridgehead atoms. The lowest BCUT2D eigenvalue weighted by molar-refractivity contribution is 0.0918. The number of rotatable bonds is 9. The third-order valence-corrected chi connectivity index (χ3v) is 4.22. The second-order valence-electron chi connectivity index (χ2n) is 6.15. The number of ether oxygens (including phenoxy) is 2. The van der Waals surface area contributed by atoms with Crippen molar-refractivity contribution in [2.24, 2.45) is 0 Å². The van der Waals surface area contributed by atoms with Crippen LogP contribution in [0.5, 0.6) is 11.5 Å². The van der Waals surface area contributed by atoms with Gasteiger partial charge in [-0.2, -0.15) is 0 Å². The Labute approximate surface area is 164 Å². The smallest absolute Gasteiger partial charge is 0.287 e. The summed E-state index contributed by atoms with van der Waals surface area (Å²) in [4.78, 5) is 12.3. The van der Waals surface area contributed by atoms with E-state index < -0.39 is 0 Å². The minimum absolute atomic E-state index is 0.243. The molecule has 28 heavy (non-hydrogen) atoms. The summed E-state index contributed by atoms with van der Waals surface area (Å²) in [5, 5.41) is 2.84. The molecule has 3 aromatic rings. The molecule has 2 aromatic carbocycles.